The topological polar surface area (TPSA) is 280 Å². The third-order valence-electron chi connectivity index (χ3n) is 18.3. The van der Waals surface area contributed by atoms with E-state index in [9.17, 15) is 43.2 Å². The first kappa shape index (κ1) is 68.5. The second-order valence-electron chi connectivity index (χ2n) is 24.2. The molecule has 91 heavy (non-hydrogen) atoms. The molecule has 0 unspecified atom stereocenters. The van der Waals surface area contributed by atoms with Crippen LogP contribution < -0.4 is 53.2 Å². The number of nitrogens with zero attached hydrogens (tertiary/aromatic N) is 2. The Morgan fingerprint density at radius 3 is 1.41 bits per heavy atom. The summed E-state index contributed by atoms with van der Waals surface area (Å²) in [4.78, 5) is 129. The summed E-state index contributed by atoms with van der Waals surface area (Å²) in [5.74, 6) is 2.17. The molecule has 486 valence electrons. The van der Waals surface area contributed by atoms with E-state index >= 15 is 0 Å². The molecule has 0 aromatic heterocycles. The minimum Gasteiger partial charge on any atom is -0.356 e. The molecule has 11 atom stereocenters. The summed E-state index contributed by atoms with van der Waals surface area (Å²) in [6.07, 6.45) is 6.14. The smallest absolute Gasteiger partial charge is 0.247 e. The van der Waals surface area contributed by atoms with Gasteiger partial charge in [-0.2, -0.15) is 0 Å². The standard InChI is InChI=1S/C70H92N12O9/c1-5-54(71-3)64(85)79-62-50(44-73-43-46-23-13-9-14-24-46)33-35-52-38-40-57(82(52)69(62)90)67(88)78-61(49-29-19-12-20-30-49)68(89)75-42-41-74-58(83)31-21-7-8-22-32-59(84)76-45-51-34-36-53-37-39-56(81(53)70(91)63(51)80-65(86)55(6-2)72-4)66(87)77-60(47-25-15-10-16-26-47)48-27-17-11-18-28-48/h9-20,23-30,50-57,60-63,71-73H,5-6,21-22,31-45H2,1-4H3,(H,74,83)(H,75,89)(H,76,84)(H,77,87)(H,78,88)(H,79,85)(H,80,86)/t50-,51-,52+,53+,54+,55+,56+,57+,61+,62+,63+/m1/s1. The van der Waals surface area contributed by atoms with Crippen LogP contribution in [0.4, 0.5) is 0 Å². The minimum atomic E-state index is -1.11. The van der Waals surface area contributed by atoms with E-state index in [4.69, 9.17) is 0 Å². The number of hydrogen-bond acceptors (Lipinski definition) is 12. The fourth-order valence-electron chi connectivity index (χ4n) is 13.2. The van der Waals surface area contributed by atoms with Crippen molar-refractivity contribution in [2.24, 2.45) is 11.8 Å². The quantitative estimate of drug-likeness (QED) is 0.0274. The van der Waals surface area contributed by atoms with Crippen LogP contribution in [0, 0.1) is 23.7 Å². The number of amides is 9. The summed E-state index contributed by atoms with van der Waals surface area (Å²) in [6.45, 7) is 5.13. The highest BCUT2D eigenvalue weighted by molar-refractivity contribution is 5.97. The molecule has 10 N–H and O–H groups in total. The highest BCUT2D eigenvalue weighted by Crippen LogP contribution is 2.37. The monoisotopic (exact) mass is 1240 g/mol. The van der Waals surface area contributed by atoms with Crippen molar-refractivity contribution in [3.63, 3.8) is 0 Å². The first-order valence-corrected chi connectivity index (χ1v) is 32.6. The number of fused-ring (bicyclic) bond motifs is 2. The summed E-state index contributed by atoms with van der Waals surface area (Å²) < 4.78 is 0. The number of nitrogens with one attached hydrogen (secondary N) is 10. The fraction of sp³-hybridized carbons (Fsp3) is 0.500. The van der Waals surface area contributed by atoms with Crippen LogP contribution >= 0.6 is 0 Å². The Labute approximate surface area is 535 Å². The highest BCUT2D eigenvalue weighted by atomic mass is 16.2. The Bertz CT molecular complexity index is 3100. The molecule has 0 aliphatic carbocycles. The first-order chi connectivity index (χ1) is 44.2. The SMILES string of the molecule is CC[C@H](NC)C(=O)N[C@@H]1C(=O)N2[C@@H](CC[C@@H]1CNC(=O)CCC#CCCC(=O)NCCNC(=O)[C@@H](NC(=O)[C@@H]1CC[C@@H]3CC[C@H](CNCc4ccccc4)[C@H](NC(=O)[C@H](CC)NC)C(=O)N31)c1ccccc1)CC[C@H]2C(=O)NC(c1ccccc1)c1ccccc1. The van der Waals surface area contributed by atoms with E-state index in [1.54, 1.807) is 54.2 Å². The number of benzene rings is 4. The summed E-state index contributed by atoms with van der Waals surface area (Å²) in [5, 5.41) is 30.4. The lowest BCUT2D eigenvalue weighted by Crippen LogP contribution is -2.59. The fourth-order valence-corrected chi connectivity index (χ4v) is 13.2. The van der Waals surface area contributed by atoms with Gasteiger partial charge in [-0.3, -0.25) is 43.2 Å². The van der Waals surface area contributed by atoms with E-state index in [1.165, 1.54) is 0 Å². The van der Waals surface area contributed by atoms with Crippen molar-refractivity contribution in [3.8, 4) is 11.8 Å². The molecule has 0 bridgehead atoms. The van der Waals surface area contributed by atoms with Crippen molar-refractivity contribution in [2.75, 3.05) is 40.3 Å². The van der Waals surface area contributed by atoms with Crippen LogP contribution in [0.1, 0.15) is 138 Å². The number of rotatable bonds is 29. The average Bonchev–Trinajstić information content (AvgIpc) is 1.67. The summed E-state index contributed by atoms with van der Waals surface area (Å²) in [5.41, 5.74) is 3.45. The molecule has 4 aliphatic heterocycles. The Balaban J connectivity index is 0.791. The van der Waals surface area contributed by atoms with Crippen LogP contribution in [0.25, 0.3) is 0 Å². The zero-order valence-electron chi connectivity index (χ0n) is 53.0. The summed E-state index contributed by atoms with van der Waals surface area (Å²) in [7, 11) is 3.39. The number of hydrogen-bond donors (Lipinski definition) is 10. The largest absolute Gasteiger partial charge is 0.356 e. The van der Waals surface area contributed by atoms with Gasteiger partial charge >= 0.3 is 0 Å². The molecule has 0 saturated carbocycles. The van der Waals surface area contributed by atoms with Crippen LogP contribution in [0.3, 0.4) is 0 Å². The van der Waals surface area contributed by atoms with Crippen LogP contribution in [-0.4, -0.2) is 152 Å². The lowest BCUT2D eigenvalue weighted by molar-refractivity contribution is -0.144. The van der Waals surface area contributed by atoms with Gasteiger partial charge in [0.2, 0.25) is 53.2 Å². The molecule has 21 nitrogen and oxygen atoms in total. The van der Waals surface area contributed by atoms with E-state index in [-0.39, 0.29) is 105 Å². The Hall–Kier alpha value is -8.45. The van der Waals surface area contributed by atoms with Crippen LogP contribution in [0.2, 0.25) is 0 Å². The zero-order valence-corrected chi connectivity index (χ0v) is 53.0. The third-order valence-corrected chi connectivity index (χ3v) is 18.3. The normalized spacial score (nSPS) is 22.1. The zero-order chi connectivity index (χ0) is 64.7. The Kier molecular flexibility index (Phi) is 26.1. The van der Waals surface area contributed by atoms with Crippen molar-refractivity contribution < 1.29 is 43.2 Å². The van der Waals surface area contributed by atoms with Gasteiger partial charge in [-0.1, -0.05) is 135 Å². The molecular formula is C70H92N12O9. The van der Waals surface area contributed by atoms with Gasteiger partial charge in [0.15, 0.2) is 0 Å². The van der Waals surface area contributed by atoms with Gasteiger partial charge in [0.05, 0.1) is 18.1 Å². The van der Waals surface area contributed by atoms with Gasteiger partial charge in [-0.05, 0) is 101 Å². The predicted octanol–water partition coefficient (Wildman–Crippen LogP) is 3.96. The van der Waals surface area contributed by atoms with Gasteiger partial charge in [0, 0.05) is 82.3 Å². The molecule has 0 radical (unpaired) electrons. The third kappa shape index (κ3) is 18.6. The van der Waals surface area contributed by atoms with E-state index in [1.807, 2.05) is 105 Å². The van der Waals surface area contributed by atoms with Gasteiger partial charge < -0.3 is 63.0 Å². The number of carbonyl (C=O) groups excluding carboxylic acids is 9. The van der Waals surface area contributed by atoms with E-state index in [0.29, 0.717) is 82.9 Å². The summed E-state index contributed by atoms with van der Waals surface area (Å²) >= 11 is 0. The maximum Gasteiger partial charge on any atom is 0.247 e. The van der Waals surface area contributed by atoms with Crippen LogP contribution in [0.5, 0.6) is 0 Å². The second-order valence-corrected chi connectivity index (χ2v) is 24.2. The van der Waals surface area contributed by atoms with E-state index in [0.717, 1.165) is 16.7 Å². The molecule has 4 saturated heterocycles. The van der Waals surface area contributed by atoms with Crippen LogP contribution in [0.15, 0.2) is 121 Å². The van der Waals surface area contributed by atoms with E-state index < -0.39 is 66.1 Å². The van der Waals surface area contributed by atoms with Gasteiger partial charge in [-0.15, -0.1) is 11.8 Å². The Morgan fingerprint density at radius 1 is 0.495 bits per heavy atom. The summed E-state index contributed by atoms with van der Waals surface area (Å²) in [6, 6.07) is 31.6. The maximum atomic E-state index is 14.8. The highest BCUT2D eigenvalue weighted by Gasteiger charge is 2.50. The molecule has 4 aliphatic rings. The van der Waals surface area contributed by atoms with Crippen molar-refractivity contribution in [2.45, 2.75) is 171 Å². The average molecular weight is 1250 g/mol. The molecular weight excluding hydrogens is 1150 g/mol. The number of carbonyl (C=O) groups is 9. The number of likely N-dealkylation sites (N-methyl/N-ethyl adjacent to an activating group) is 2. The van der Waals surface area contributed by atoms with Crippen molar-refractivity contribution in [1.29, 1.82) is 0 Å². The van der Waals surface area contributed by atoms with Gasteiger partial charge in [0.1, 0.15) is 30.2 Å². The molecule has 4 aromatic rings. The molecule has 9 amide bonds. The molecule has 21 heteroatoms. The lowest BCUT2D eigenvalue weighted by atomic mass is 9.92. The van der Waals surface area contributed by atoms with Crippen LogP contribution in [-0.2, 0) is 49.7 Å². The minimum absolute atomic E-state index is 0.0613. The first-order valence-electron chi connectivity index (χ1n) is 32.6. The Morgan fingerprint density at radius 2 is 0.923 bits per heavy atom. The maximum absolute atomic E-state index is 14.8. The molecule has 8 rings (SSSR count). The van der Waals surface area contributed by atoms with Crippen molar-refractivity contribution >= 4 is 53.2 Å². The molecule has 4 aromatic carbocycles. The molecule has 0 spiro atoms. The van der Waals surface area contributed by atoms with Gasteiger partial charge in [-0.25, -0.2) is 0 Å². The second kappa shape index (κ2) is 34.7. The van der Waals surface area contributed by atoms with Crippen molar-refractivity contribution in [3.05, 3.63) is 144 Å². The lowest BCUT2D eigenvalue weighted by Gasteiger charge is -2.33. The predicted molar refractivity (Wildman–Crippen MR) is 347 cm³/mol. The molecule has 4 fully saturated rings. The van der Waals surface area contributed by atoms with Crippen molar-refractivity contribution in [1.82, 2.24) is 63.0 Å². The van der Waals surface area contributed by atoms with E-state index in [2.05, 4.69) is 65.0 Å². The molecule has 4 heterocycles. The van der Waals surface area contributed by atoms with Gasteiger partial charge in [0.25, 0.3) is 0 Å².